The highest BCUT2D eigenvalue weighted by Gasteiger charge is 2.15. The van der Waals surface area contributed by atoms with Gasteiger partial charge in [0.2, 0.25) is 5.91 Å². The van der Waals surface area contributed by atoms with Crippen LogP contribution in [0, 0.1) is 0 Å². The fourth-order valence-electron chi connectivity index (χ4n) is 3.21. The lowest BCUT2D eigenvalue weighted by atomic mass is 10.1. The van der Waals surface area contributed by atoms with Crippen LogP contribution in [0.5, 0.6) is 0 Å². The molecule has 2 rings (SSSR count). The Morgan fingerprint density at radius 3 is 2.55 bits per heavy atom. The van der Waals surface area contributed by atoms with Gasteiger partial charge in [0.1, 0.15) is 0 Å². The molecule has 0 fully saturated rings. The van der Waals surface area contributed by atoms with Crippen LogP contribution in [-0.2, 0) is 24.8 Å². The second kappa shape index (κ2) is 10.6. The van der Waals surface area contributed by atoms with Crippen molar-refractivity contribution in [2.24, 2.45) is 12.0 Å². The lowest BCUT2D eigenvalue weighted by Crippen LogP contribution is -2.38. The zero-order valence-corrected chi connectivity index (χ0v) is 18.5. The maximum absolute atomic E-state index is 11.1. The van der Waals surface area contributed by atoms with E-state index in [2.05, 4.69) is 54.6 Å². The molecule has 0 aliphatic carbocycles. The minimum Gasteiger partial charge on any atom is -0.357 e. The monoisotopic (exact) mass is 398 g/mol. The van der Waals surface area contributed by atoms with Crippen LogP contribution >= 0.6 is 0 Å². The van der Waals surface area contributed by atoms with Gasteiger partial charge in [-0.25, -0.2) is 0 Å². The molecule has 0 unspecified atom stereocenters. The molecule has 2 aromatic rings. The van der Waals surface area contributed by atoms with E-state index in [4.69, 9.17) is 4.99 Å². The van der Waals surface area contributed by atoms with Gasteiger partial charge in [-0.15, -0.1) is 0 Å². The third-order valence-corrected chi connectivity index (χ3v) is 4.52. The Balaban J connectivity index is 2.00. The van der Waals surface area contributed by atoms with Crippen LogP contribution in [0.25, 0.3) is 0 Å². The van der Waals surface area contributed by atoms with Gasteiger partial charge >= 0.3 is 0 Å². The first kappa shape index (κ1) is 22.5. The first-order valence-corrected chi connectivity index (χ1v) is 10.2. The second-order valence-electron chi connectivity index (χ2n) is 7.59. The lowest BCUT2D eigenvalue weighted by Gasteiger charge is -2.22. The summed E-state index contributed by atoms with van der Waals surface area (Å²) in [5.74, 6) is 1.22. The molecule has 0 bridgehead atoms. The Labute approximate surface area is 174 Å². The van der Waals surface area contributed by atoms with Crippen molar-refractivity contribution in [1.82, 2.24) is 20.0 Å². The molecule has 29 heavy (non-hydrogen) atoms. The molecule has 7 heteroatoms. The number of hydrogen-bond donors (Lipinski definition) is 2. The minimum absolute atomic E-state index is 0.0603. The van der Waals surface area contributed by atoms with E-state index in [0.717, 1.165) is 36.9 Å². The molecule has 2 N–H and O–H groups in total. The molecule has 0 aliphatic rings. The van der Waals surface area contributed by atoms with Gasteiger partial charge in [0.15, 0.2) is 5.96 Å². The topological polar surface area (TPSA) is 74.6 Å². The number of benzene rings is 1. The molecule has 0 aliphatic heterocycles. The Bertz CT molecular complexity index is 822. The summed E-state index contributed by atoms with van der Waals surface area (Å²) >= 11 is 0. The fraction of sp³-hybridized carbons (Fsp3) is 0.500. The van der Waals surface area contributed by atoms with E-state index in [1.807, 2.05) is 36.0 Å². The molecular weight excluding hydrogens is 364 g/mol. The van der Waals surface area contributed by atoms with Crippen LogP contribution in [0.1, 0.15) is 50.4 Å². The number of hydrogen-bond acceptors (Lipinski definition) is 3. The minimum atomic E-state index is -0.0603. The number of nitrogens with zero attached hydrogens (tertiary/aromatic N) is 4. The molecule has 158 valence electrons. The van der Waals surface area contributed by atoms with Gasteiger partial charge in [-0.05, 0) is 37.0 Å². The Morgan fingerprint density at radius 1 is 1.28 bits per heavy atom. The van der Waals surface area contributed by atoms with Crippen molar-refractivity contribution >= 4 is 17.6 Å². The summed E-state index contributed by atoms with van der Waals surface area (Å²) in [6.07, 6.45) is 2.93. The van der Waals surface area contributed by atoms with Crippen LogP contribution in [0.2, 0.25) is 0 Å². The summed E-state index contributed by atoms with van der Waals surface area (Å²) in [5.41, 5.74) is 4.37. The van der Waals surface area contributed by atoms with Crippen LogP contribution in [0.3, 0.4) is 0 Å². The molecule has 0 saturated carbocycles. The third-order valence-electron chi connectivity index (χ3n) is 4.52. The van der Waals surface area contributed by atoms with Crippen molar-refractivity contribution < 1.29 is 4.79 Å². The molecule has 0 atom stereocenters. The predicted molar refractivity (Wildman–Crippen MR) is 119 cm³/mol. The normalized spacial score (nSPS) is 11.6. The number of anilines is 1. The number of aliphatic imine (C=N–C) groups is 1. The van der Waals surface area contributed by atoms with Gasteiger partial charge in [0.05, 0.1) is 5.69 Å². The molecule has 0 saturated heterocycles. The summed E-state index contributed by atoms with van der Waals surface area (Å²) in [7, 11) is 4.02. The Morgan fingerprint density at radius 2 is 1.97 bits per heavy atom. The number of aryl methyl sites for hydroxylation is 1. The second-order valence-corrected chi connectivity index (χ2v) is 7.59. The van der Waals surface area contributed by atoms with Gasteiger partial charge < -0.3 is 15.5 Å². The summed E-state index contributed by atoms with van der Waals surface area (Å²) in [5, 5.41) is 10.8. The molecule has 1 aromatic carbocycles. The van der Waals surface area contributed by atoms with Gasteiger partial charge in [0, 0.05) is 58.1 Å². The summed E-state index contributed by atoms with van der Waals surface area (Å²) < 4.78 is 1.88. The largest absolute Gasteiger partial charge is 0.357 e. The quantitative estimate of drug-likeness (QED) is 0.529. The summed E-state index contributed by atoms with van der Waals surface area (Å²) in [6.45, 7) is 10.2. The summed E-state index contributed by atoms with van der Waals surface area (Å²) in [6, 6.07) is 7.91. The van der Waals surface area contributed by atoms with Crippen LogP contribution in [0.15, 0.2) is 35.5 Å². The Hall–Kier alpha value is -2.83. The summed E-state index contributed by atoms with van der Waals surface area (Å²) in [4.78, 5) is 18.1. The van der Waals surface area contributed by atoms with Crippen LogP contribution < -0.4 is 10.6 Å². The smallest absolute Gasteiger partial charge is 0.221 e. The van der Waals surface area contributed by atoms with E-state index in [-0.39, 0.29) is 5.91 Å². The predicted octanol–water partition coefficient (Wildman–Crippen LogP) is 3.14. The highest BCUT2D eigenvalue weighted by Crippen LogP contribution is 2.18. The number of nitrogens with one attached hydrogen (secondary N) is 2. The number of amides is 1. The molecule has 1 heterocycles. The first-order chi connectivity index (χ1) is 13.8. The zero-order chi connectivity index (χ0) is 21.4. The SMILES string of the molecule is CCNC(=NCCc1ccc(NC(C)=O)cc1)N(C)Cc1cn(C)nc1C(C)C. The molecule has 1 aromatic heterocycles. The van der Waals surface area contributed by atoms with Crippen molar-refractivity contribution in [2.45, 2.75) is 46.6 Å². The van der Waals surface area contributed by atoms with Crippen LogP contribution in [0.4, 0.5) is 5.69 Å². The van der Waals surface area contributed by atoms with Crippen molar-refractivity contribution in [2.75, 3.05) is 25.5 Å². The first-order valence-electron chi connectivity index (χ1n) is 10.2. The fourth-order valence-corrected chi connectivity index (χ4v) is 3.21. The lowest BCUT2D eigenvalue weighted by molar-refractivity contribution is -0.114. The third kappa shape index (κ3) is 6.93. The number of guanidine groups is 1. The Kier molecular flexibility index (Phi) is 8.24. The number of carbonyl (C=O) groups is 1. The average Bonchev–Trinajstić information content (AvgIpc) is 3.02. The number of rotatable bonds is 8. The van der Waals surface area contributed by atoms with Crippen LogP contribution in [-0.4, -0.2) is 46.7 Å². The highest BCUT2D eigenvalue weighted by atomic mass is 16.1. The maximum Gasteiger partial charge on any atom is 0.221 e. The van der Waals surface area contributed by atoms with E-state index in [1.54, 1.807) is 0 Å². The molecule has 7 nitrogen and oxygen atoms in total. The van der Waals surface area contributed by atoms with E-state index >= 15 is 0 Å². The highest BCUT2D eigenvalue weighted by molar-refractivity contribution is 5.88. The number of carbonyl (C=O) groups excluding carboxylic acids is 1. The van der Waals surface area contributed by atoms with Gasteiger partial charge in [-0.1, -0.05) is 26.0 Å². The van der Waals surface area contributed by atoms with E-state index in [0.29, 0.717) is 12.5 Å². The number of aromatic nitrogens is 2. The van der Waals surface area contributed by atoms with Gasteiger partial charge in [-0.2, -0.15) is 5.10 Å². The molecule has 0 spiro atoms. The van der Waals surface area contributed by atoms with E-state index in [1.165, 1.54) is 18.1 Å². The maximum atomic E-state index is 11.1. The molecular formula is C22H34N6O. The average molecular weight is 399 g/mol. The van der Waals surface area contributed by atoms with E-state index < -0.39 is 0 Å². The van der Waals surface area contributed by atoms with Crippen molar-refractivity contribution in [3.05, 3.63) is 47.3 Å². The van der Waals surface area contributed by atoms with Gasteiger partial charge in [0.25, 0.3) is 0 Å². The zero-order valence-electron chi connectivity index (χ0n) is 18.5. The molecule has 1 amide bonds. The van der Waals surface area contributed by atoms with Crippen molar-refractivity contribution in [3.8, 4) is 0 Å². The standard InChI is InChI=1S/C22H34N6O/c1-7-23-22(27(5)14-19-15-28(6)26-21(19)16(2)3)24-13-12-18-8-10-20(11-9-18)25-17(4)29/h8-11,15-16H,7,12-14H2,1-6H3,(H,23,24)(H,25,29). The van der Waals surface area contributed by atoms with Crippen molar-refractivity contribution in [1.29, 1.82) is 0 Å². The van der Waals surface area contributed by atoms with Crippen molar-refractivity contribution in [3.63, 3.8) is 0 Å². The van der Waals surface area contributed by atoms with Gasteiger partial charge in [-0.3, -0.25) is 14.5 Å². The van der Waals surface area contributed by atoms with E-state index in [9.17, 15) is 4.79 Å². The molecule has 0 radical (unpaired) electrons.